The number of aromatic nitrogens is 2. The van der Waals surface area contributed by atoms with Crippen LogP contribution in [0, 0.1) is 0 Å². The molecule has 1 heterocycles. The summed E-state index contributed by atoms with van der Waals surface area (Å²) in [7, 11) is 8.16. The van der Waals surface area contributed by atoms with Gasteiger partial charge >= 0.3 is 0 Å². The Hall–Kier alpha value is -3.92. The molecule has 0 saturated carbocycles. The number of anilines is 2. The Labute approximate surface area is 191 Å². The maximum atomic E-state index is 4.32. The molecule has 0 spiro atoms. The lowest BCUT2D eigenvalue weighted by atomic mass is 10.2. The van der Waals surface area contributed by atoms with Gasteiger partial charge in [0.1, 0.15) is 6.33 Å². The van der Waals surface area contributed by atoms with E-state index in [1.807, 2.05) is 70.7 Å². The summed E-state index contributed by atoms with van der Waals surface area (Å²) in [5.74, 6) is 0. The molecule has 2 aromatic carbocycles. The fraction of sp³-hybridized carbons (Fsp3) is 0.143. The fourth-order valence-corrected chi connectivity index (χ4v) is 2.98. The van der Waals surface area contributed by atoms with E-state index in [9.17, 15) is 0 Å². The molecule has 0 aliphatic heterocycles. The second-order valence-corrected chi connectivity index (χ2v) is 7.78. The van der Waals surface area contributed by atoms with E-state index in [1.165, 1.54) is 11.4 Å². The van der Waals surface area contributed by atoms with Crippen LogP contribution in [0.2, 0.25) is 0 Å². The average molecular weight is 423 g/mol. The van der Waals surface area contributed by atoms with Crippen molar-refractivity contribution in [2.24, 2.45) is 0 Å². The molecule has 3 aromatic rings. The minimum atomic E-state index is 0.871. The lowest BCUT2D eigenvalue weighted by Gasteiger charge is -2.11. The Kier molecular flexibility index (Phi) is 8.15. The van der Waals surface area contributed by atoms with Crippen LogP contribution in [0.15, 0.2) is 85.2 Å². The van der Waals surface area contributed by atoms with Crippen LogP contribution in [0.1, 0.15) is 22.5 Å². The van der Waals surface area contributed by atoms with Crippen molar-refractivity contribution in [2.75, 3.05) is 38.0 Å². The highest BCUT2D eigenvalue weighted by molar-refractivity contribution is 5.61. The lowest BCUT2D eigenvalue weighted by Crippen LogP contribution is -2.07. The number of nitrogens with zero attached hydrogens (tertiary/aromatic N) is 4. The van der Waals surface area contributed by atoms with Gasteiger partial charge < -0.3 is 9.80 Å². The SMILES string of the molecule is CN(C)c1ccc(/C=C/C=C/c2cc(/C=C/C=C/c3ccc(N(C)C)cc3)ncn2)cc1. The van der Waals surface area contributed by atoms with Crippen LogP contribution in [-0.2, 0) is 0 Å². The zero-order valence-corrected chi connectivity index (χ0v) is 19.2. The third-order valence-corrected chi connectivity index (χ3v) is 4.86. The van der Waals surface area contributed by atoms with Gasteiger partial charge in [0.15, 0.2) is 0 Å². The molecule has 0 bridgehead atoms. The number of rotatable bonds is 8. The molecule has 0 saturated heterocycles. The van der Waals surface area contributed by atoms with Crippen LogP contribution in [-0.4, -0.2) is 38.2 Å². The first-order valence-corrected chi connectivity index (χ1v) is 10.6. The van der Waals surface area contributed by atoms with Crippen molar-refractivity contribution >= 4 is 35.7 Å². The van der Waals surface area contributed by atoms with E-state index >= 15 is 0 Å². The summed E-state index contributed by atoms with van der Waals surface area (Å²) in [5, 5.41) is 0. The molecule has 0 atom stereocenters. The first-order chi connectivity index (χ1) is 15.5. The van der Waals surface area contributed by atoms with Crippen molar-refractivity contribution in [3.05, 3.63) is 108 Å². The Morgan fingerprint density at radius 2 is 0.906 bits per heavy atom. The molecule has 0 N–H and O–H groups in total. The van der Waals surface area contributed by atoms with Crippen molar-refractivity contribution in [3.8, 4) is 0 Å². The van der Waals surface area contributed by atoms with Crippen molar-refractivity contribution in [1.29, 1.82) is 0 Å². The number of hydrogen-bond donors (Lipinski definition) is 0. The maximum Gasteiger partial charge on any atom is 0.116 e. The van der Waals surface area contributed by atoms with E-state index in [0.29, 0.717) is 0 Å². The van der Waals surface area contributed by atoms with Crippen LogP contribution in [0.25, 0.3) is 24.3 Å². The van der Waals surface area contributed by atoms with Crippen LogP contribution in [0.4, 0.5) is 11.4 Å². The molecule has 32 heavy (non-hydrogen) atoms. The predicted octanol–water partition coefficient (Wildman–Crippen LogP) is 6.06. The largest absolute Gasteiger partial charge is 0.378 e. The Morgan fingerprint density at radius 3 is 1.28 bits per heavy atom. The summed E-state index contributed by atoms with van der Waals surface area (Å²) in [6.45, 7) is 0. The Balaban J connectivity index is 1.56. The molecular weight excluding hydrogens is 392 g/mol. The standard InChI is InChI=1S/C28H30N4/c1-31(2)27-17-13-23(14-18-27)9-5-7-11-25-21-26(30-22-29-25)12-8-6-10-24-15-19-28(20-16-24)32(3)4/h5-22H,1-4H3/b9-5+,10-6+,11-7+,12-8+. The molecule has 0 aliphatic rings. The van der Waals surface area contributed by atoms with Gasteiger partial charge in [0, 0.05) is 39.6 Å². The summed E-state index contributed by atoms with van der Waals surface area (Å²) >= 11 is 0. The zero-order chi connectivity index (χ0) is 22.8. The van der Waals surface area contributed by atoms with Crippen molar-refractivity contribution < 1.29 is 0 Å². The average Bonchev–Trinajstić information content (AvgIpc) is 2.80. The lowest BCUT2D eigenvalue weighted by molar-refractivity contribution is 1.13. The molecule has 1 aromatic heterocycles. The van der Waals surface area contributed by atoms with Crippen molar-refractivity contribution in [3.63, 3.8) is 0 Å². The topological polar surface area (TPSA) is 32.3 Å². The van der Waals surface area contributed by atoms with Crippen molar-refractivity contribution in [2.45, 2.75) is 0 Å². The minimum Gasteiger partial charge on any atom is -0.378 e. The Morgan fingerprint density at radius 1 is 0.531 bits per heavy atom. The third-order valence-electron chi connectivity index (χ3n) is 4.86. The van der Waals surface area contributed by atoms with Gasteiger partial charge in [0.25, 0.3) is 0 Å². The summed E-state index contributed by atoms with van der Waals surface area (Å²) < 4.78 is 0. The quantitative estimate of drug-likeness (QED) is 0.413. The highest BCUT2D eigenvalue weighted by atomic mass is 15.1. The first kappa shape index (κ1) is 22.8. The third kappa shape index (κ3) is 7.10. The van der Waals surface area contributed by atoms with Gasteiger partial charge in [0.2, 0.25) is 0 Å². The number of allylic oxidation sites excluding steroid dienone is 4. The predicted molar refractivity (Wildman–Crippen MR) is 140 cm³/mol. The molecule has 0 aliphatic carbocycles. The number of benzene rings is 2. The molecule has 0 unspecified atom stereocenters. The summed E-state index contributed by atoms with van der Waals surface area (Å²) in [4.78, 5) is 12.8. The highest BCUT2D eigenvalue weighted by Crippen LogP contribution is 2.14. The van der Waals surface area contributed by atoms with Gasteiger partial charge in [-0.1, -0.05) is 60.7 Å². The second kappa shape index (κ2) is 11.5. The normalized spacial score (nSPS) is 11.9. The molecule has 4 nitrogen and oxygen atoms in total. The maximum absolute atomic E-state index is 4.32. The van der Waals surface area contributed by atoms with Gasteiger partial charge in [-0.3, -0.25) is 0 Å². The molecule has 0 fully saturated rings. The van der Waals surface area contributed by atoms with Crippen LogP contribution < -0.4 is 9.80 Å². The van der Waals surface area contributed by atoms with Crippen LogP contribution in [0.5, 0.6) is 0 Å². The smallest absolute Gasteiger partial charge is 0.116 e. The van der Waals surface area contributed by atoms with E-state index < -0.39 is 0 Å². The van der Waals surface area contributed by atoms with E-state index in [0.717, 1.165) is 22.5 Å². The minimum absolute atomic E-state index is 0.871. The number of hydrogen-bond acceptors (Lipinski definition) is 4. The zero-order valence-electron chi connectivity index (χ0n) is 19.2. The fourth-order valence-electron chi connectivity index (χ4n) is 2.98. The Bertz CT molecular complexity index is 1020. The molecule has 162 valence electrons. The van der Waals surface area contributed by atoms with Crippen molar-refractivity contribution in [1.82, 2.24) is 9.97 Å². The van der Waals surface area contributed by atoms with E-state index in [1.54, 1.807) is 6.33 Å². The van der Waals surface area contributed by atoms with Gasteiger partial charge in [0.05, 0.1) is 11.4 Å². The summed E-state index contributed by atoms with van der Waals surface area (Å²) in [6.07, 6.45) is 17.7. The van der Waals surface area contributed by atoms with E-state index in [2.05, 4.69) is 80.5 Å². The second-order valence-electron chi connectivity index (χ2n) is 7.78. The highest BCUT2D eigenvalue weighted by Gasteiger charge is 1.95. The first-order valence-electron chi connectivity index (χ1n) is 10.6. The van der Waals surface area contributed by atoms with E-state index in [-0.39, 0.29) is 0 Å². The van der Waals surface area contributed by atoms with Gasteiger partial charge in [-0.15, -0.1) is 0 Å². The molecule has 0 radical (unpaired) electrons. The summed E-state index contributed by atoms with van der Waals surface area (Å²) in [6, 6.07) is 18.8. The van der Waals surface area contributed by atoms with Crippen LogP contribution in [0.3, 0.4) is 0 Å². The van der Waals surface area contributed by atoms with Gasteiger partial charge in [-0.25, -0.2) is 9.97 Å². The molecule has 4 heteroatoms. The van der Waals surface area contributed by atoms with Gasteiger partial charge in [-0.05, 0) is 53.6 Å². The summed E-state index contributed by atoms with van der Waals surface area (Å²) in [5.41, 5.74) is 6.45. The molecular formula is C28H30N4. The molecule has 0 amide bonds. The van der Waals surface area contributed by atoms with Gasteiger partial charge in [-0.2, -0.15) is 0 Å². The van der Waals surface area contributed by atoms with E-state index in [4.69, 9.17) is 0 Å². The molecule has 3 rings (SSSR count). The monoisotopic (exact) mass is 422 g/mol. The van der Waals surface area contributed by atoms with Crippen LogP contribution >= 0.6 is 0 Å².